The van der Waals surface area contributed by atoms with Crippen LogP contribution in [0.3, 0.4) is 0 Å². The third kappa shape index (κ3) is 3.85. The Hall–Kier alpha value is -2.28. The van der Waals surface area contributed by atoms with E-state index in [1.54, 1.807) is 24.3 Å². The predicted molar refractivity (Wildman–Crippen MR) is 75.4 cm³/mol. The Morgan fingerprint density at radius 2 is 1.89 bits per heavy atom. The van der Waals surface area contributed by atoms with Crippen molar-refractivity contribution in [1.29, 1.82) is 0 Å². The highest BCUT2D eigenvalue weighted by Gasteiger charge is 2.04. The zero-order chi connectivity index (χ0) is 13.7. The Labute approximate surface area is 117 Å². The third-order valence-corrected chi connectivity index (χ3v) is 2.76. The topological polar surface area (TPSA) is 79.9 Å². The van der Waals surface area contributed by atoms with E-state index in [4.69, 9.17) is 0 Å². The summed E-state index contributed by atoms with van der Waals surface area (Å²) in [6.07, 6.45) is 0. The number of non-ortho nitro benzene ring substituents is 1. The second kappa shape index (κ2) is 6.05. The normalized spacial score (nSPS) is 10.6. The molecule has 1 N–H and O–H groups in total. The Morgan fingerprint density at radius 1 is 1.16 bits per heavy atom. The molecule has 0 saturated heterocycles. The van der Waals surface area contributed by atoms with Crippen LogP contribution in [0.4, 0.5) is 17.1 Å². The van der Waals surface area contributed by atoms with Gasteiger partial charge in [-0.05, 0) is 30.3 Å². The van der Waals surface area contributed by atoms with Crippen LogP contribution in [0.1, 0.15) is 0 Å². The number of nitrogens with zero attached hydrogens (tertiary/aromatic N) is 3. The van der Waals surface area contributed by atoms with Crippen LogP contribution >= 0.6 is 15.9 Å². The number of benzene rings is 2. The van der Waals surface area contributed by atoms with Crippen molar-refractivity contribution in [2.24, 2.45) is 10.3 Å². The average Bonchev–Trinajstić information content (AvgIpc) is 2.41. The molecule has 0 heterocycles. The summed E-state index contributed by atoms with van der Waals surface area (Å²) < 4.78 is 0.957. The summed E-state index contributed by atoms with van der Waals surface area (Å²) in [5, 5.41) is 18.3. The molecule has 0 aromatic heterocycles. The lowest BCUT2D eigenvalue weighted by Crippen LogP contribution is -1.90. The van der Waals surface area contributed by atoms with Crippen LogP contribution in [0.2, 0.25) is 0 Å². The number of hydrogen-bond donors (Lipinski definition) is 1. The van der Waals surface area contributed by atoms with E-state index in [0.29, 0.717) is 11.4 Å². The van der Waals surface area contributed by atoms with Crippen molar-refractivity contribution < 1.29 is 4.92 Å². The lowest BCUT2D eigenvalue weighted by molar-refractivity contribution is -0.384. The summed E-state index contributed by atoms with van der Waals surface area (Å²) in [7, 11) is 0. The second-order valence-corrected chi connectivity index (χ2v) is 4.51. The van der Waals surface area contributed by atoms with Gasteiger partial charge in [0.2, 0.25) is 0 Å². The van der Waals surface area contributed by atoms with Crippen LogP contribution in [0.15, 0.2) is 63.3 Å². The van der Waals surface area contributed by atoms with Crippen molar-refractivity contribution in [3.63, 3.8) is 0 Å². The zero-order valence-corrected chi connectivity index (χ0v) is 11.2. The number of anilines is 1. The monoisotopic (exact) mass is 320 g/mol. The molecule has 0 atom stereocenters. The van der Waals surface area contributed by atoms with E-state index >= 15 is 0 Å². The van der Waals surface area contributed by atoms with E-state index in [1.165, 1.54) is 12.1 Å². The molecule has 0 amide bonds. The molecule has 0 fully saturated rings. The molecule has 0 saturated carbocycles. The Balaban J connectivity index is 2.04. The molecule has 2 aromatic rings. The molecule has 0 bridgehead atoms. The molecule has 0 aliphatic carbocycles. The van der Waals surface area contributed by atoms with Crippen LogP contribution in [0.25, 0.3) is 0 Å². The minimum Gasteiger partial charge on any atom is -0.260 e. The molecular weight excluding hydrogens is 312 g/mol. The fourth-order valence-corrected chi connectivity index (χ4v) is 1.60. The number of nitro groups is 1. The van der Waals surface area contributed by atoms with Gasteiger partial charge >= 0.3 is 0 Å². The van der Waals surface area contributed by atoms with E-state index in [2.05, 4.69) is 31.7 Å². The van der Waals surface area contributed by atoms with Gasteiger partial charge in [0, 0.05) is 16.6 Å². The Morgan fingerprint density at radius 3 is 2.58 bits per heavy atom. The first-order chi connectivity index (χ1) is 9.15. The van der Waals surface area contributed by atoms with Crippen molar-refractivity contribution in [3.8, 4) is 0 Å². The van der Waals surface area contributed by atoms with Gasteiger partial charge in [-0.1, -0.05) is 27.2 Å². The molecule has 0 spiro atoms. The average molecular weight is 321 g/mol. The highest BCUT2D eigenvalue weighted by atomic mass is 79.9. The van der Waals surface area contributed by atoms with Crippen LogP contribution in [-0.4, -0.2) is 4.92 Å². The quantitative estimate of drug-likeness (QED) is 0.512. The van der Waals surface area contributed by atoms with Crippen LogP contribution in [-0.2, 0) is 0 Å². The fourth-order valence-electron chi connectivity index (χ4n) is 1.34. The third-order valence-electron chi connectivity index (χ3n) is 2.23. The zero-order valence-electron chi connectivity index (χ0n) is 9.65. The number of hydrogen-bond acceptors (Lipinski definition) is 4. The van der Waals surface area contributed by atoms with E-state index in [9.17, 15) is 10.1 Å². The lowest BCUT2D eigenvalue weighted by atomic mass is 10.3. The van der Waals surface area contributed by atoms with Crippen molar-refractivity contribution >= 4 is 33.0 Å². The number of nitro benzene ring substituents is 1. The summed E-state index contributed by atoms with van der Waals surface area (Å²) >= 11 is 3.32. The van der Waals surface area contributed by atoms with Gasteiger partial charge in [0.1, 0.15) is 0 Å². The molecule has 96 valence electrons. The van der Waals surface area contributed by atoms with Crippen LogP contribution in [0, 0.1) is 10.1 Å². The summed E-state index contributed by atoms with van der Waals surface area (Å²) in [6.45, 7) is 0. The number of rotatable bonds is 4. The standard InChI is InChI=1S/C12H9BrN4O2/c13-9-4-6-10(7-5-9)14-16-15-11-2-1-3-12(8-11)17(18)19/h1-8H,(H,14,15). The first-order valence-corrected chi connectivity index (χ1v) is 6.11. The first-order valence-electron chi connectivity index (χ1n) is 5.32. The number of halogens is 1. The number of nitrogens with one attached hydrogen (secondary N) is 1. The van der Waals surface area contributed by atoms with Crippen LogP contribution in [0.5, 0.6) is 0 Å². The summed E-state index contributed by atoms with van der Waals surface area (Å²) in [4.78, 5) is 10.1. The van der Waals surface area contributed by atoms with Gasteiger partial charge in [-0.25, -0.2) is 0 Å². The van der Waals surface area contributed by atoms with E-state index in [1.807, 2.05) is 12.1 Å². The van der Waals surface area contributed by atoms with Gasteiger partial charge < -0.3 is 0 Å². The second-order valence-electron chi connectivity index (χ2n) is 3.60. The lowest BCUT2D eigenvalue weighted by Gasteiger charge is -1.98. The largest absolute Gasteiger partial charge is 0.271 e. The molecule has 6 nitrogen and oxygen atoms in total. The van der Waals surface area contributed by atoms with Gasteiger partial charge in [0.25, 0.3) is 5.69 Å². The van der Waals surface area contributed by atoms with Crippen molar-refractivity contribution in [2.45, 2.75) is 0 Å². The maximum absolute atomic E-state index is 10.6. The first kappa shape index (κ1) is 13.2. The highest BCUT2D eigenvalue weighted by molar-refractivity contribution is 9.10. The van der Waals surface area contributed by atoms with Gasteiger partial charge in [0.05, 0.1) is 16.3 Å². The van der Waals surface area contributed by atoms with Gasteiger partial charge in [-0.15, -0.1) is 5.11 Å². The molecular formula is C12H9BrN4O2. The summed E-state index contributed by atoms with van der Waals surface area (Å²) in [6, 6.07) is 13.3. The smallest absolute Gasteiger partial charge is 0.260 e. The molecule has 2 rings (SSSR count). The molecule has 2 aromatic carbocycles. The van der Waals surface area contributed by atoms with Crippen LogP contribution < -0.4 is 5.43 Å². The molecule has 0 aliphatic heterocycles. The highest BCUT2D eigenvalue weighted by Crippen LogP contribution is 2.19. The fraction of sp³-hybridized carbons (Fsp3) is 0. The maximum Gasteiger partial charge on any atom is 0.271 e. The molecule has 0 unspecified atom stereocenters. The summed E-state index contributed by atoms with van der Waals surface area (Å²) in [5.41, 5.74) is 3.84. The van der Waals surface area contributed by atoms with Gasteiger partial charge in [0.15, 0.2) is 0 Å². The molecule has 0 aliphatic rings. The SMILES string of the molecule is O=[N+]([O-])c1cccc(NN=Nc2ccc(Br)cc2)c1. The van der Waals surface area contributed by atoms with E-state index in [0.717, 1.165) is 4.47 Å². The minimum absolute atomic E-state index is 0.00356. The maximum atomic E-state index is 10.6. The van der Waals surface area contributed by atoms with Crippen molar-refractivity contribution in [2.75, 3.05) is 5.43 Å². The van der Waals surface area contributed by atoms with Crippen molar-refractivity contribution in [1.82, 2.24) is 0 Å². The van der Waals surface area contributed by atoms with Gasteiger partial charge in [-0.3, -0.25) is 15.5 Å². The minimum atomic E-state index is -0.461. The Kier molecular flexibility index (Phi) is 4.19. The molecule has 7 heteroatoms. The van der Waals surface area contributed by atoms with Gasteiger partial charge in [-0.2, -0.15) is 0 Å². The van der Waals surface area contributed by atoms with Crippen molar-refractivity contribution in [3.05, 3.63) is 63.1 Å². The Bertz CT molecular complexity index is 613. The molecule has 0 radical (unpaired) electrons. The predicted octanol–water partition coefficient (Wildman–Crippen LogP) is 4.47. The van der Waals surface area contributed by atoms with E-state index in [-0.39, 0.29) is 5.69 Å². The summed E-state index contributed by atoms with van der Waals surface area (Å²) in [5.74, 6) is 0. The molecule has 19 heavy (non-hydrogen) atoms. The van der Waals surface area contributed by atoms with E-state index < -0.39 is 4.92 Å².